The smallest absolute Gasteiger partial charge is 0.0554 e. The molecule has 2 unspecified atom stereocenters. The first-order valence-electron chi connectivity index (χ1n) is 5.33. The van der Waals surface area contributed by atoms with Crippen LogP contribution in [0, 0.1) is 6.92 Å². The Hall–Kier alpha value is -0.670. The fourth-order valence-electron chi connectivity index (χ4n) is 2.13. The van der Waals surface area contributed by atoms with Gasteiger partial charge in [-0.2, -0.15) is 0 Å². The van der Waals surface area contributed by atoms with Gasteiger partial charge in [0.15, 0.2) is 0 Å². The topological polar surface area (TPSA) is 29.1 Å². The Bertz CT molecular complexity index is 401. The molecule has 2 rings (SSSR count). The number of rotatable bonds is 2. The molecule has 2 atom stereocenters. The lowest BCUT2D eigenvalue weighted by Crippen LogP contribution is -2.28. The molecule has 0 spiro atoms. The van der Waals surface area contributed by atoms with Crippen molar-refractivity contribution in [3.63, 3.8) is 0 Å². The van der Waals surface area contributed by atoms with Crippen molar-refractivity contribution < 1.29 is 4.21 Å². The minimum atomic E-state index is -0.818. The van der Waals surface area contributed by atoms with Crippen LogP contribution in [0.25, 0.3) is 0 Å². The van der Waals surface area contributed by atoms with Gasteiger partial charge in [-0.1, -0.05) is 32.0 Å². The van der Waals surface area contributed by atoms with E-state index in [4.69, 9.17) is 0 Å². The van der Waals surface area contributed by atoms with Crippen molar-refractivity contribution >= 4 is 10.8 Å². The van der Waals surface area contributed by atoms with Crippen molar-refractivity contribution in [1.29, 1.82) is 0 Å². The largest absolute Gasteiger partial charge is 0.307 e. The van der Waals surface area contributed by atoms with Crippen molar-refractivity contribution in [2.24, 2.45) is 0 Å². The molecule has 1 aliphatic rings. The zero-order valence-corrected chi connectivity index (χ0v) is 10.2. The van der Waals surface area contributed by atoms with Crippen molar-refractivity contribution in [3.8, 4) is 0 Å². The summed E-state index contributed by atoms with van der Waals surface area (Å²) in [5.74, 6) is 0.721. The Balaban J connectivity index is 2.38. The van der Waals surface area contributed by atoms with Crippen molar-refractivity contribution in [2.75, 3.05) is 5.75 Å². The molecular weight excluding hydrogens is 206 g/mol. The number of aryl methyl sites for hydroxylation is 1. The monoisotopic (exact) mass is 223 g/mol. The highest BCUT2D eigenvalue weighted by molar-refractivity contribution is 7.85. The predicted molar refractivity (Wildman–Crippen MR) is 63.5 cm³/mol. The van der Waals surface area contributed by atoms with Gasteiger partial charge < -0.3 is 5.32 Å². The minimum absolute atomic E-state index is 0.265. The zero-order chi connectivity index (χ0) is 11.0. The number of benzene rings is 1. The highest BCUT2D eigenvalue weighted by Gasteiger charge is 2.29. The van der Waals surface area contributed by atoms with Gasteiger partial charge in [-0.15, -0.1) is 0 Å². The normalized spacial score (nSPS) is 24.5. The molecule has 0 radical (unpaired) electrons. The van der Waals surface area contributed by atoms with Gasteiger partial charge in [0.2, 0.25) is 0 Å². The van der Waals surface area contributed by atoms with Crippen molar-refractivity contribution in [2.45, 2.75) is 37.8 Å². The third kappa shape index (κ3) is 1.99. The van der Waals surface area contributed by atoms with E-state index in [0.29, 0.717) is 6.04 Å². The third-order valence-electron chi connectivity index (χ3n) is 2.70. The van der Waals surface area contributed by atoms with E-state index in [9.17, 15) is 4.21 Å². The van der Waals surface area contributed by atoms with E-state index in [2.05, 4.69) is 25.2 Å². The lowest BCUT2D eigenvalue weighted by atomic mass is 10.1. The molecule has 0 fully saturated rings. The molecule has 1 aromatic rings. The van der Waals surface area contributed by atoms with Crippen molar-refractivity contribution in [3.05, 3.63) is 29.3 Å². The molecule has 0 saturated heterocycles. The van der Waals surface area contributed by atoms with E-state index in [1.54, 1.807) is 0 Å². The molecule has 1 aliphatic heterocycles. The van der Waals surface area contributed by atoms with Crippen LogP contribution in [0.1, 0.15) is 31.0 Å². The number of nitrogens with one attached hydrogen (secondary N) is 1. The lowest BCUT2D eigenvalue weighted by molar-refractivity contribution is 0.511. The van der Waals surface area contributed by atoms with Crippen LogP contribution >= 0.6 is 0 Å². The maximum atomic E-state index is 11.9. The fourth-order valence-corrected chi connectivity index (χ4v) is 3.77. The standard InChI is InChI=1S/C12H17NOS/c1-8(2)13-11-7-15(14)12-9(3)5-4-6-10(11)12/h4-6,8,11,13H,7H2,1-3H3. The predicted octanol–water partition coefficient (Wildman–Crippen LogP) is 2.16. The molecular formula is C12H17NOS. The summed E-state index contributed by atoms with van der Waals surface area (Å²) in [6, 6.07) is 6.87. The Kier molecular flexibility index (Phi) is 2.94. The van der Waals surface area contributed by atoms with Gasteiger partial charge in [-0.05, 0) is 18.1 Å². The van der Waals surface area contributed by atoms with Crippen LogP contribution in [0.5, 0.6) is 0 Å². The summed E-state index contributed by atoms with van der Waals surface area (Å²) < 4.78 is 11.9. The summed E-state index contributed by atoms with van der Waals surface area (Å²) >= 11 is 0. The first-order chi connectivity index (χ1) is 7.09. The van der Waals surface area contributed by atoms with E-state index in [1.807, 2.05) is 19.1 Å². The zero-order valence-electron chi connectivity index (χ0n) is 9.41. The summed E-state index contributed by atoms with van der Waals surface area (Å²) in [4.78, 5) is 1.05. The average Bonchev–Trinajstić information content (AvgIpc) is 2.44. The lowest BCUT2D eigenvalue weighted by Gasteiger charge is -2.15. The van der Waals surface area contributed by atoms with Crippen LogP contribution in [-0.4, -0.2) is 16.0 Å². The second kappa shape index (κ2) is 4.06. The molecule has 1 aromatic carbocycles. The summed E-state index contributed by atoms with van der Waals surface area (Å²) in [5, 5.41) is 3.46. The number of hydrogen-bond donors (Lipinski definition) is 1. The summed E-state index contributed by atoms with van der Waals surface area (Å²) in [6.07, 6.45) is 0. The summed E-state index contributed by atoms with van der Waals surface area (Å²) in [6.45, 7) is 6.28. The van der Waals surface area contributed by atoms with Gasteiger partial charge in [0.25, 0.3) is 0 Å². The molecule has 0 bridgehead atoms. The average molecular weight is 223 g/mol. The first-order valence-corrected chi connectivity index (χ1v) is 6.65. The number of hydrogen-bond acceptors (Lipinski definition) is 2. The Morgan fingerprint density at radius 2 is 2.20 bits per heavy atom. The molecule has 82 valence electrons. The van der Waals surface area contributed by atoms with Gasteiger partial charge in [0.1, 0.15) is 0 Å². The van der Waals surface area contributed by atoms with Crippen molar-refractivity contribution in [1.82, 2.24) is 5.32 Å². The Labute approximate surface area is 93.5 Å². The SMILES string of the molecule is Cc1cccc2c1S(=O)CC2NC(C)C. The Morgan fingerprint density at radius 3 is 2.87 bits per heavy atom. The van der Waals surface area contributed by atoms with Crippen LogP contribution in [0.3, 0.4) is 0 Å². The molecule has 3 heteroatoms. The Morgan fingerprint density at radius 1 is 1.47 bits per heavy atom. The molecule has 1 N–H and O–H groups in total. The molecule has 0 amide bonds. The molecule has 15 heavy (non-hydrogen) atoms. The van der Waals surface area contributed by atoms with Crippen LogP contribution in [-0.2, 0) is 10.8 Å². The molecule has 1 heterocycles. The van der Waals surface area contributed by atoms with E-state index in [1.165, 1.54) is 5.56 Å². The molecule has 2 nitrogen and oxygen atoms in total. The van der Waals surface area contributed by atoms with Crippen LogP contribution in [0.15, 0.2) is 23.1 Å². The molecule has 0 saturated carbocycles. The van der Waals surface area contributed by atoms with Gasteiger partial charge in [-0.25, -0.2) is 0 Å². The first kappa shape index (κ1) is 10.8. The van der Waals surface area contributed by atoms with Gasteiger partial charge in [0.05, 0.1) is 10.8 Å². The summed E-state index contributed by atoms with van der Waals surface area (Å²) in [5.41, 5.74) is 2.38. The van der Waals surface area contributed by atoms with Crippen LogP contribution in [0.2, 0.25) is 0 Å². The second-order valence-electron chi connectivity index (χ2n) is 4.38. The van der Waals surface area contributed by atoms with Crippen LogP contribution in [0.4, 0.5) is 0 Å². The maximum absolute atomic E-state index is 11.9. The number of fused-ring (bicyclic) bond motifs is 1. The van der Waals surface area contributed by atoms with E-state index < -0.39 is 10.8 Å². The van der Waals surface area contributed by atoms with E-state index in [0.717, 1.165) is 16.2 Å². The highest BCUT2D eigenvalue weighted by Crippen LogP contribution is 2.33. The quantitative estimate of drug-likeness (QED) is 0.832. The maximum Gasteiger partial charge on any atom is 0.0554 e. The van der Waals surface area contributed by atoms with Crippen LogP contribution < -0.4 is 5.32 Å². The van der Waals surface area contributed by atoms with E-state index in [-0.39, 0.29) is 6.04 Å². The molecule has 0 aliphatic carbocycles. The minimum Gasteiger partial charge on any atom is -0.307 e. The molecule has 0 aromatic heterocycles. The van der Waals surface area contributed by atoms with Gasteiger partial charge >= 0.3 is 0 Å². The highest BCUT2D eigenvalue weighted by atomic mass is 32.2. The van der Waals surface area contributed by atoms with Gasteiger partial charge in [0, 0.05) is 22.7 Å². The third-order valence-corrected chi connectivity index (χ3v) is 4.35. The van der Waals surface area contributed by atoms with E-state index >= 15 is 0 Å². The van der Waals surface area contributed by atoms with Gasteiger partial charge in [-0.3, -0.25) is 4.21 Å². The summed E-state index contributed by atoms with van der Waals surface area (Å²) in [7, 11) is -0.818. The second-order valence-corrected chi connectivity index (χ2v) is 5.81. The fraction of sp³-hybridized carbons (Fsp3) is 0.500.